The molecule has 3 aromatic rings. The van der Waals surface area contributed by atoms with Crippen molar-refractivity contribution in [2.45, 2.75) is 13.0 Å². The summed E-state index contributed by atoms with van der Waals surface area (Å²) in [5, 5.41) is 2.79. The van der Waals surface area contributed by atoms with E-state index in [0.717, 1.165) is 22.2 Å². The van der Waals surface area contributed by atoms with Crippen molar-refractivity contribution in [2.75, 3.05) is 19.0 Å². The maximum atomic E-state index is 13.0. The highest BCUT2D eigenvalue weighted by Gasteiger charge is 2.35. The third-order valence-electron chi connectivity index (χ3n) is 5.36. The Hall–Kier alpha value is -3.82. The fraction of sp³-hybridized carbons (Fsp3) is 0.148. The Labute approximate surface area is 222 Å². The van der Waals surface area contributed by atoms with Crippen LogP contribution >= 0.6 is 23.4 Å². The topological polar surface area (TPSA) is 84.9 Å². The van der Waals surface area contributed by atoms with Crippen LogP contribution < -0.4 is 14.8 Å². The van der Waals surface area contributed by atoms with Crippen molar-refractivity contribution in [1.82, 2.24) is 4.90 Å². The van der Waals surface area contributed by atoms with Gasteiger partial charge in [-0.05, 0) is 77.5 Å². The highest BCUT2D eigenvalue weighted by molar-refractivity contribution is 8.18. The first kappa shape index (κ1) is 26.2. The van der Waals surface area contributed by atoms with Crippen molar-refractivity contribution in [3.63, 3.8) is 0 Å². The number of methoxy groups -OCH3 is 1. The largest absolute Gasteiger partial charge is 0.493 e. The molecule has 4 rings (SSSR count). The monoisotopic (exact) mass is 540 g/mol. The molecule has 3 aromatic carbocycles. The van der Waals surface area contributed by atoms with Crippen molar-refractivity contribution >= 4 is 52.2 Å². The lowest BCUT2D eigenvalue weighted by atomic mass is 10.1. The third-order valence-corrected chi connectivity index (χ3v) is 6.52. The molecule has 3 amide bonds. The number of anilines is 1. The zero-order valence-corrected chi connectivity index (χ0v) is 21.3. The van der Waals surface area contributed by atoms with Gasteiger partial charge in [-0.3, -0.25) is 19.3 Å². The Kier molecular flexibility index (Phi) is 8.47. The van der Waals surface area contributed by atoms with E-state index in [2.05, 4.69) is 5.32 Å². The average molecular weight is 541 g/mol. The molecule has 7 nitrogen and oxygen atoms in total. The summed E-state index contributed by atoms with van der Waals surface area (Å²) in [6.07, 6.45) is 1.51. The SMILES string of the molecule is COc1cc(/C=C2\SC(=O)N(CCC(=O)Nc3ccc(F)cc3)C2=O)ccc1OCc1ccc(Cl)cc1. The minimum Gasteiger partial charge on any atom is -0.493 e. The van der Waals surface area contributed by atoms with Crippen LogP contribution in [0.1, 0.15) is 17.5 Å². The number of imide groups is 1. The molecule has 190 valence electrons. The zero-order chi connectivity index (χ0) is 26.4. The molecule has 1 aliphatic heterocycles. The number of hydrogen-bond donors (Lipinski definition) is 1. The van der Waals surface area contributed by atoms with Gasteiger partial charge in [0.15, 0.2) is 11.5 Å². The third kappa shape index (κ3) is 6.90. The molecule has 1 fully saturated rings. The maximum absolute atomic E-state index is 13.0. The van der Waals surface area contributed by atoms with E-state index in [-0.39, 0.29) is 17.9 Å². The molecule has 1 aliphatic rings. The van der Waals surface area contributed by atoms with E-state index in [0.29, 0.717) is 34.4 Å². The molecule has 0 aliphatic carbocycles. The normalized spacial score (nSPS) is 14.2. The number of halogens is 2. The first-order valence-corrected chi connectivity index (χ1v) is 12.4. The van der Waals surface area contributed by atoms with Crippen molar-refractivity contribution < 1.29 is 28.2 Å². The Morgan fingerprint density at radius 2 is 1.78 bits per heavy atom. The molecule has 10 heteroatoms. The van der Waals surface area contributed by atoms with Crippen molar-refractivity contribution in [3.8, 4) is 11.5 Å². The van der Waals surface area contributed by atoms with Crippen molar-refractivity contribution in [1.29, 1.82) is 0 Å². The summed E-state index contributed by atoms with van der Waals surface area (Å²) in [6.45, 7) is 0.246. The zero-order valence-electron chi connectivity index (χ0n) is 19.7. The standard InChI is InChI=1S/C27H22ClFN2O5S/c1-35-23-14-18(4-11-22(23)36-16-17-2-5-19(28)6-3-17)15-24-26(33)31(27(34)37-24)13-12-25(32)30-21-9-7-20(29)8-10-21/h2-11,14-15H,12-13,16H2,1H3,(H,30,32)/b24-15-. The number of nitrogens with one attached hydrogen (secondary N) is 1. The lowest BCUT2D eigenvalue weighted by molar-refractivity contribution is -0.123. The minimum absolute atomic E-state index is 0.0736. The van der Waals surface area contributed by atoms with E-state index in [9.17, 15) is 18.8 Å². The number of rotatable bonds is 9. The molecule has 0 atom stereocenters. The lowest BCUT2D eigenvalue weighted by Crippen LogP contribution is -2.31. The van der Waals surface area contributed by atoms with Gasteiger partial charge < -0.3 is 14.8 Å². The maximum Gasteiger partial charge on any atom is 0.293 e. The molecule has 0 saturated carbocycles. The van der Waals surface area contributed by atoms with Crippen LogP contribution in [0.5, 0.6) is 11.5 Å². The Balaban J connectivity index is 1.37. The van der Waals surface area contributed by atoms with Crippen molar-refractivity contribution in [2.24, 2.45) is 0 Å². The first-order valence-electron chi connectivity index (χ1n) is 11.2. The van der Waals surface area contributed by atoms with Gasteiger partial charge in [0.05, 0.1) is 12.0 Å². The molecule has 1 saturated heterocycles. The van der Waals surface area contributed by atoms with Gasteiger partial charge in [0.25, 0.3) is 11.1 Å². The number of hydrogen-bond acceptors (Lipinski definition) is 6. The summed E-state index contributed by atoms with van der Waals surface area (Å²) < 4.78 is 24.3. The molecule has 1 N–H and O–H groups in total. The number of amides is 3. The predicted molar refractivity (Wildman–Crippen MR) is 141 cm³/mol. The van der Waals surface area contributed by atoms with Gasteiger partial charge in [-0.25, -0.2) is 4.39 Å². The number of benzene rings is 3. The summed E-state index contributed by atoms with van der Waals surface area (Å²) >= 11 is 6.72. The lowest BCUT2D eigenvalue weighted by Gasteiger charge is -2.12. The van der Waals surface area contributed by atoms with Crippen LogP contribution in [-0.2, 0) is 16.2 Å². The second-order valence-electron chi connectivity index (χ2n) is 7.96. The molecule has 0 unspecified atom stereocenters. The van der Waals surface area contributed by atoms with Gasteiger partial charge in [-0.1, -0.05) is 29.8 Å². The summed E-state index contributed by atoms with van der Waals surface area (Å²) in [6, 6.07) is 17.8. The van der Waals surface area contributed by atoms with Gasteiger partial charge in [0.1, 0.15) is 12.4 Å². The van der Waals surface area contributed by atoms with Crippen LogP contribution in [0.4, 0.5) is 14.9 Å². The van der Waals surface area contributed by atoms with Gasteiger partial charge in [-0.2, -0.15) is 0 Å². The van der Waals surface area contributed by atoms with Gasteiger partial charge in [0.2, 0.25) is 5.91 Å². The summed E-state index contributed by atoms with van der Waals surface area (Å²) in [5.74, 6) is -0.297. The van der Waals surface area contributed by atoms with Crippen LogP contribution in [0.15, 0.2) is 71.6 Å². The van der Waals surface area contributed by atoms with Crippen LogP contribution in [-0.4, -0.2) is 35.6 Å². The Morgan fingerprint density at radius 3 is 2.49 bits per heavy atom. The van der Waals surface area contributed by atoms with Gasteiger partial charge >= 0.3 is 0 Å². The highest BCUT2D eigenvalue weighted by Crippen LogP contribution is 2.35. The van der Waals surface area contributed by atoms with E-state index in [1.165, 1.54) is 31.4 Å². The molecule has 0 radical (unpaired) electrons. The number of nitrogens with zero attached hydrogens (tertiary/aromatic N) is 1. The fourth-order valence-corrected chi connectivity index (χ4v) is 4.44. The second-order valence-corrected chi connectivity index (χ2v) is 9.39. The number of thioether (sulfide) groups is 1. The quantitative estimate of drug-likeness (QED) is 0.329. The molecule has 0 spiro atoms. The van der Waals surface area contributed by atoms with E-state index in [4.69, 9.17) is 21.1 Å². The molecule has 0 bridgehead atoms. The summed E-state index contributed by atoms with van der Waals surface area (Å²) in [4.78, 5) is 38.7. The van der Waals surface area contributed by atoms with E-state index in [1.54, 1.807) is 36.4 Å². The van der Waals surface area contributed by atoms with Crippen molar-refractivity contribution in [3.05, 3.63) is 93.6 Å². The molecular weight excluding hydrogens is 519 g/mol. The highest BCUT2D eigenvalue weighted by atomic mass is 35.5. The summed E-state index contributed by atoms with van der Waals surface area (Å²) in [5.41, 5.74) is 2.01. The average Bonchev–Trinajstić information content (AvgIpc) is 3.15. The fourth-order valence-electron chi connectivity index (χ4n) is 3.45. The molecular formula is C27H22ClFN2O5S. The van der Waals surface area contributed by atoms with Gasteiger partial charge in [-0.15, -0.1) is 0 Å². The molecule has 1 heterocycles. The van der Waals surface area contributed by atoms with Crippen LogP contribution in [0.2, 0.25) is 5.02 Å². The van der Waals surface area contributed by atoms with E-state index >= 15 is 0 Å². The number of carbonyl (C=O) groups excluding carboxylic acids is 3. The minimum atomic E-state index is -0.480. The number of ether oxygens (including phenoxy) is 2. The van der Waals surface area contributed by atoms with Gasteiger partial charge in [0, 0.05) is 23.7 Å². The number of carbonyl (C=O) groups is 3. The Bertz CT molecular complexity index is 1350. The van der Waals surface area contributed by atoms with Crippen LogP contribution in [0, 0.1) is 5.82 Å². The van der Waals surface area contributed by atoms with E-state index in [1.807, 2.05) is 12.1 Å². The van der Waals surface area contributed by atoms with Crippen LogP contribution in [0.3, 0.4) is 0 Å². The first-order chi connectivity index (χ1) is 17.8. The van der Waals surface area contributed by atoms with E-state index < -0.39 is 22.9 Å². The second kappa shape index (κ2) is 11.9. The summed E-state index contributed by atoms with van der Waals surface area (Å²) in [7, 11) is 1.51. The predicted octanol–water partition coefficient (Wildman–Crippen LogP) is 6.13. The Morgan fingerprint density at radius 1 is 1.05 bits per heavy atom. The molecule has 37 heavy (non-hydrogen) atoms. The smallest absolute Gasteiger partial charge is 0.293 e. The molecule has 0 aromatic heterocycles. The van der Waals surface area contributed by atoms with Crippen LogP contribution in [0.25, 0.3) is 6.08 Å².